The first kappa shape index (κ1) is 13.6. The molecule has 4 heteroatoms. The molecule has 1 amide bonds. The number of para-hydroxylation sites is 1. The maximum Gasteiger partial charge on any atom is 0.220 e. The monoisotopic (exact) mass is 259 g/mol. The van der Waals surface area contributed by atoms with E-state index in [-0.39, 0.29) is 5.91 Å². The molecule has 0 bridgehead atoms. The number of aromatic nitrogens is 1. The van der Waals surface area contributed by atoms with Crippen LogP contribution in [0.2, 0.25) is 0 Å². The molecule has 0 saturated carbocycles. The lowest BCUT2D eigenvalue weighted by molar-refractivity contribution is -0.121. The predicted octanol–water partition coefficient (Wildman–Crippen LogP) is 1.83. The zero-order valence-corrected chi connectivity index (χ0v) is 11.3. The summed E-state index contributed by atoms with van der Waals surface area (Å²) in [4.78, 5) is 14.8. The van der Waals surface area contributed by atoms with E-state index in [0.29, 0.717) is 13.0 Å². The smallest absolute Gasteiger partial charge is 0.220 e. The van der Waals surface area contributed by atoms with E-state index in [4.69, 9.17) is 0 Å². The molecule has 0 aliphatic carbocycles. The molecule has 102 valence electrons. The summed E-state index contributed by atoms with van der Waals surface area (Å²) in [5.41, 5.74) is 2.41. The summed E-state index contributed by atoms with van der Waals surface area (Å²) in [6.07, 6.45) is 4.36. The fraction of sp³-hybridized carbons (Fsp3) is 0.400. The molecule has 19 heavy (non-hydrogen) atoms. The highest BCUT2D eigenvalue weighted by molar-refractivity contribution is 5.83. The van der Waals surface area contributed by atoms with Crippen molar-refractivity contribution < 1.29 is 4.79 Å². The summed E-state index contributed by atoms with van der Waals surface area (Å²) in [6, 6.07) is 8.23. The molecule has 0 spiro atoms. The molecular formula is C15H21N3O. The van der Waals surface area contributed by atoms with E-state index in [0.717, 1.165) is 24.9 Å². The fourth-order valence-electron chi connectivity index (χ4n) is 2.19. The Bertz CT molecular complexity index is 533. The molecule has 1 aromatic carbocycles. The Morgan fingerprint density at radius 3 is 2.95 bits per heavy atom. The van der Waals surface area contributed by atoms with E-state index < -0.39 is 0 Å². The van der Waals surface area contributed by atoms with E-state index in [9.17, 15) is 4.79 Å². The van der Waals surface area contributed by atoms with E-state index >= 15 is 0 Å². The zero-order valence-electron chi connectivity index (χ0n) is 11.3. The third-order valence-electron chi connectivity index (χ3n) is 3.22. The van der Waals surface area contributed by atoms with Gasteiger partial charge in [0, 0.05) is 30.1 Å². The van der Waals surface area contributed by atoms with Gasteiger partial charge in [-0.25, -0.2) is 0 Å². The van der Waals surface area contributed by atoms with Gasteiger partial charge in [0.1, 0.15) is 0 Å². The van der Waals surface area contributed by atoms with Gasteiger partial charge in [0.15, 0.2) is 0 Å². The van der Waals surface area contributed by atoms with Crippen molar-refractivity contribution in [1.29, 1.82) is 0 Å². The highest BCUT2D eigenvalue weighted by atomic mass is 16.1. The van der Waals surface area contributed by atoms with Crippen LogP contribution in [0.25, 0.3) is 10.9 Å². The van der Waals surface area contributed by atoms with Crippen LogP contribution < -0.4 is 10.6 Å². The third kappa shape index (κ3) is 3.83. The Morgan fingerprint density at radius 1 is 1.26 bits per heavy atom. The number of aromatic amines is 1. The molecule has 0 unspecified atom stereocenters. The van der Waals surface area contributed by atoms with Crippen molar-refractivity contribution in [2.45, 2.75) is 19.3 Å². The number of H-pyrrole nitrogens is 1. The maximum absolute atomic E-state index is 11.6. The topological polar surface area (TPSA) is 56.9 Å². The number of carbonyl (C=O) groups excluding carboxylic acids is 1. The van der Waals surface area contributed by atoms with Gasteiger partial charge in [0.05, 0.1) is 0 Å². The Morgan fingerprint density at radius 2 is 2.11 bits per heavy atom. The Labute approximate surface area is 113 Å². The molecule has 0 fully saturated rings. The van der Waals surface area contributed by atoms with Gasteiger partial charge in [-0.2, -0.15) is 0 Å². The Balaban J connectivity index is 1.78. The van der Waals surface area contributed by atoms with Crippen LogP contribution in [-0.4, -0.2) is 31.0 Å². The van der Waals surface area contributed by atoms with Gasteiger partial charge >= 0.3 is 0 Å². The molecule has 1 heterocycles. The van der Waals surface area contributed by atoms with Gasteiger partial charge in [-0.15, -0.1) is 0 Å². The Hall–Kier alpha value is -1.81. The average molecular weight is 259 g/mol. The van der Waals surface area contributed by atoms with Crippen molar-refractivity contribution in [2.24, 2.45) is 0 Å². The molecule has 4 nitrogen and oxygen atoms in total. The highest BCUT2D eigenvalue weighted by Gasteiger charge is 2.04. The van der Waals surface area contributed by atoms with Gasteiger partial charge in [-0.1, -0.05) is 18.2 Å². The van der Waals surface area contributed by atoms with Crippen LogP contribution in [0, 0.1) is 0 Å². The summed E-state index contributed by atoms with van der Waals surface area (Å²) >= 11 is 0. The summed E-state index contributed by atoms with van der Waals surface area (Å²) in [5.74, 6) is 0.134. The van der Waals surface area contributed by atoms with E-state index in [1.807, 2.05) is 25.4 Å². The molecule has 2 rings (SSSR count). The number of carbonyl (C=O) groups is 1. The number of hydrogen-bond donors (Lipinski definition) is 3. The van der Waals surface area contributed by atoms with Crippen molar-refractivity contribution >= 4 is 16.8 Å². The van der Waals surface area contributed by atoms with Gasteiger partial charge in [-0.05, 0) is 38.1 Å². The first-order valence-corrected chi connectivity index (χ1v) is 6.77. The lowest BCUT2D eigenvalue weighted by atomic mass is 10.1. The van der Waals surface area contributed by atoms with Crippen molar-refractivity contribution in [3.05, 3.63) is 36.0 Å². The molecule has 0 aliphatic rings. The molecule has 0 aliphatic heterocycles. The SMILES string of the molecule is CNCCCC(=O)NCCc1c[nH]c2ccccc12. The molecule has 0 radical (unpaired) electrons. The van der Waals surface area contributed by atoms with Crippen LogP contribution in [0.4, 0.5) is 0 Å². The maximum atomic E-state index is 11.6. The van der Waals surface area contributed by atoms with Crippen molar-refractivity contribution in [1.82, 2.24) is 15.6 Å². The summed E-state index contributed by atoms with van der Waals surface area (Å²) in [7, 11) is 1.90. The number of rotatable bonds is 7. The average Bonchev–Trinajstić information content (AvgIpc) is 2.83. The fourth-order valence-corrected chi connectivity index (χ4v) is 2.19. The normalized spacial score (nSPS) is 10.8. The van der Waals surface area contributed by atoms with Gasteiger partial charge < -0.3 is 15.6 Å². The van der Waals surface area contributed by atoms with Gasteiger partial charge in [-0.3, -0.25) is 4.79 Å². The third-order valence-corrected chi connectivity index (χ3v) is 3.22. The lowest BCUT2D eigenvalue weighted by Crippen LogP contribution is -2.26. The molecular weight excluding hydrogens is 238 g/mol. The van der Waals surface area contributed by atoms with Crippen LogP contribution >= 0.6 is 0 Å². The second-order valence-corrected chi connectivity index (χ2v) is 4.67. The highest BCUT2D eigenvalue weighted by Crippen LogP contribution is 2.17. The summed E-state index contributed by atoms with van der Waals surface area (Å²) < 4.78 is 0. The van der Waals surface area contributed by atoms with Gasteiger partial charge in [0.2, 0.25) is 5.91 Å². The van der Waals surface area contributed by atoms with E-state index in [2.05, 4.69) is 27.8 Å². The zero-order chi connectivity index (χ0) is 13.5. The summed E-state index contributed by atoms with van der Waals surface area (Å²) in [6.45, 7) is 1.58. The first-order valence-electron chi connectivity index (χ1n) is 6.77. The molecule has 0 atom stereocenters. The minimum Gasteiger partial charge on any atom is -0.361 e. The second-order valence-electron chi connectivity index (χ2n) is 4.67. The van der Waals surface area contributed by atoms with Crippen LogP contribution in [0.1, 0.15) is 18.4 Å². The van der Waals surface area contributed by atoms with Crippen molar-refractivity contribution in [3.8, 4) is 0 Å². The Kier molecular flexibility index (Phi) is 4.98. The minimum absolute atomic E-state index is 0.134. The van der Waals surface area contributed by atoms with Crippen LogP contribution in [0.3, 0.4) is 0 Å². The standard InChI is InChI=1S/C15H21N3O/c1-16-9-4-7-15(19)17-10-8-12-11-18-14-6-3-2-5-13(12)14/h2-3,5-6,11,16,18H,4,7-10H2,1H3,(H,17,19). The number of fused-ring (bicyclic) bond motifs is 1. The minimum atomic E-state index is 0.134. The molecule has 3 N–H and O–H groups in total. The second kappa shape index (κ2) is 6.95. The molecule has 0 saturated heterocycles. The predicted molar refractivity (Wildman–Crippen MR) is 78.2 cm³/mol. The number of nitrogens with one attached hydrogen (secondary N) is 3. The largest absolute Gasteiger partial charge is 0.361 e. The number of amides is 1. The van der Waals surface area contributed by atoms with Crippen molar-refractivity contribution in [3.63, 3.8) is 0 Å². The van der Waals surface area contributed by atoms with Crippen LogP contribution in [0.5, 0.6) is 0 Å². The summed E-state index contributed by atoms with van der Waals surface area (Å²) in [5, 5.41) is 7.24. The lowest BCUT2D eigenvalue weighted by Gasteiger charge is -2.04. The number of benzene rings is 1. The van der Waals surface area contributed by atoms with Crippen LogP contribution in [-0.2, 0) is 11.2 Å². The van der Waals surface area contributed by atoms with E-state index in [1.54, 1.807) is 0 Å². The van der Waals surface area contributed by atoms with Crippen LogP contribution in [0.15, 0.2) is 30.5 Å². The van der Waals surface area contributed by atoms with E-state index in [1.165, 1.54) is 10.9 Å². The molecule has 1 aromatic heterocycles. The van der Waals surface area contributed by atoms with Gasteiger partial charge in [0.25, 0.3) is 0 Å². The first-order chi connectivity index (χ1) is 9.31. The van der Waals surface area contributed by atoms with Crippen molar-refractivity contribution in [2.75, 3.05) is 20.1 Å². The quantitative estimate of drug-likeness (QED) is 0.664. The number of hydrogen-bond acceptors (Lipinski definition) is 2. The molecule has 2 aromatic rings.